The number of ether oxygens (including phenoxy) is 4. The van der Waals surface area contributed by atoms with Crippen molar-refractivity contribution < 1.29 is 18.9 Å². The van der Waals surface area contributed by atoms with Gasteiger partial charge in [-0.3, -0.25) is 0 Å². The molecule has 40 heavy (non-hydrogen) atoms. The molecule has 1 saturated heterocycles. The Bertz CT molecular complexity index is 1140. The first-order valence-electron chi connectivity index (χ1n) is 13.7. The van der Waals surface area contributed by atoms with Crippen LogP contribution in [0.25, 0.3) is 0 Å². The van der Waals surface area contributed by atoms with Crippen LogP contribution in [0.5, 0.6) is 0 Å². The molecule has 4 aromatic carbocycles. The maximum absolute atomic E-state index is 6.94. The third-order valence-corrected chi connectivity index (χ3v) is 12.9. The molecule has 208 valence electrons. The first-order valence-corrected chi connectivity index (χ1v) is 16.7. The van der Waals surface area contributed by atoms with Gasteiger partial charge in [-0.2, -0.15) is 0 Å². The largest absolute Gasteiger partial charge is 0.349 e. The van der Waals surface area contributed by atoms with Crippen molar-refractivity contribution >= 4 is 37.1 Å². The average Bonchev–Trinajstić information content (AvgIpc) is 3.02. The number of hydrogen-bond acceptors (Lipinski definition) is 4. The highest BCUT2D eigenvalue weighted by Gasteiger charge is 2.57. The highest BCUT2D eigenvalue weighted by Crippen LogP contribution is 2.47. The zero-order valence-corrected chi connectivity index (χ0v) is 25.4. The van der Waals surface area contributed by atoms with Crippen molar-refractivity contribution in [1.29, 1.82) is 0 Å². The van der Waals surface area contributed by atoms with Gasteiger partial charge in [-0.15, -0.1) is 0 Å². The number of benzene rings is 4. The van der Waals surface area contributed by atoms with Crippen LogP contribution in [-0.4, -0.2) is 50.3 Å². The second-order valence-corrected chi connectivity index (χ2v) is 14.7. The third kappa shape index (κ3) is 6.24. The minimum Gasteiger partial charge on any atom is -0.349 e. The fourth-order valence-corrected chi connectivity index (χ4v) is 10.1. The van der Waals surface area contributed by atoms with Crippen molar-refractivity contribution in [3.05, 3.63) is 121 Å². The lowest BCUT2D eigenvalue weighted by Gasteiger charge is -2.53. The molecule has 0 N–H and O–H groups in total. The van der Waals surface area contributed by atoms with E-state index in [1.165, 1.54) is 21.2 Å². The van der Waals surface area contributed by atoms with Crippen LogP contribution in [0.3, 0.4) is 0 Å². The summed E-state index contributed by atoms with van der Waals surface area (Å²) in [5.41, 5.74) is 0. The highest BCUT2D eigenvalue weighted by molar-refractivity contribution is 7.73. The van der Waals surface area contributed by atoms with Gasteiger partial charge in [0.2, 0.25) is 11.6 Å². The second kappa shape index (κ2) is 13.0. The van der Waals surface area contributed by atoms with Gasteiger partial charge in [-0.25, -0.2) is 0 Å². The third-order valence-electron chi connectivity index (χ3n) is 7.77. The van der Waals surface area contributed by atoms with E-state index >= 15 is 0 Å². The Morgan fingerprint density at radius 3 is 0.975 bits per heavy atom. The monoisotopic (exact) mass is 572 g/mol. The molecule has 1 fully saturated rings. The molecule has 1 aliphatic heterocycles. The molecule has 6 heteroatoms. The van der Waals surface area contributed by atoms with E-state index in [1.54, 1.807) is 14.2 Å². The summed E-state index contributed by atoms with van der Waals surface area (Å²) in [4.78, 5) is 0. The van der Waals surface area contributed by atoms with Crippen LogP contribution in [0.15, 0.2) is 121 Å². The van der Waals surface area contributed by atoms with Crippen LogP contribution in [0, 0.1) is 0 Å². The van der Waals surface area contributed by atoms with Gasteiger partial charge in [0.15, 0.2) is 0 Å². The first-order chi connectivity index (χ1) is 19.5. The van der Waals surface area contributed by atoms with Crippen molar-refractivity contribution in [3.63, 3.8) is 0 Å². The molecule has 1 aliphatic rings. The minimum atomic E-state index is -1.07. The topological polar surface area (TPSA) is 36.9 Å². The smallest absolute Gasteiger partial charge is 0.220 e. The van der Waals surface area contributed by atoms with Crippen molar-refractivity contribution in [1.82, 2.24) is 0 Å². The second-order valence-electron chi connectivity index (χ2n) is 10.2. The van der Waals surface area contributed by atoms with Crippen molar-refractivity contribution in [2.45, 2.75) is 37.6 Å². The number of hydrogen-bond donors (Lipinski definition) is 0. The maximum Gasteiger partial charge on any atom is 0.220 e. The van der Waals surface area contributed by atoms with Crippen molar-refractivity contribution in [2.24, 2.45) is 0 Å². The van der Waals surface area contributed by atoms with E-state index in [9.17, 15) is 0 Å². The molecule has 0 spiro atoms. The summed E-state index contributed by atoms with van der Waals surface area (Å²) in [5.74, 6) is -2.14. The van der Waals surface area contributed by atoms with Gasteiger partial charge in [-0.1, -0.05) is 121 Å². The molecule has 4 aromatic rings. The maximum atomic E-state index is 6.94. The van der Waals surface area contributed by atoms with Gasteiger partial charge in [0, 0.05) is 26.5 Å². The lowest BCUT2D eigenvalue weighted by Crippen LogP contribution is -2.66. The number of rotatable bonds is 10. The Morgan fingerprint density at radius 2 is 0.750 bits per heavy atom. The van der Waals surface area contributed by atoms with Gasteiger partial charge in [0.1, 0.15) is 0 Å². The summed E-state index contributed by atoms with van der Waals surface area (Å²) >= 11 is 0. The zero-order valence-electron chi connectivity index (χ0n) is 23.6. The van der Waals surface area contributed by atoms with Crippen LogP contribution in [0.1, 0.15) is 13.8 Å². The Kier molecular flexibility index (Phi) is 9.49. The van der Waals surface area contributed by atoms with E-state index in [-0.39, 0.29) is 12.2 Å². The lowest BCUT2D eigenvalue weighted by molar-refractivity contribution is -0.442. The van der Waals surface area contributed by atoms with Crippen LogP contribution < -0.4 is 21.2 Å². The Hall–Kier alpha value is -2.42. The molecule has 0 saturated carbocycles. The lowest BCUT2D eigenvalue weighted by atomic mass is 10.0. The van der Waals surface area contributed by atoms with E-state index < -0.39 is 27.4 Å². The molecular formula is C34H38O4P2. The normalized spacial score (nSPS) is 24.9. The molecule has 4 atom stereocenters. The Labute approximate surface area is 241 Å². The van der Waals surface area contributed by atoms with E-state index in [0.29, 0.717) is 0 Å². The summed E-state index contributed by atoms with van der Waals surface area (Å²) in [6.07, 6.45) is 1.19. The van der Waals surface area contributed by atoms with Crippen molar-refractivity contribution in [2.75, 3.05) is 26.5 Å². The van der Waals surface area contributed by atoms with E-state index in [1.807, 2.05) is 13.8 Å². The zero-order chi connectivity index (χ0) is 28.0. The highest BCUT2D eigenvalue weighted by atomic mass is 31.1. The summed E-state index contributed by atoms with van der Waals surface area (Å²) in [6.45, 7) is 3.84. The first kappa shape index (κ1) is 29.1. The Morgan fingerprint density at radius 1 is 0.500 bits per heavy atom. The fraction of sp³-hybridized carbons (Fsp3) is 0.294. The minimum absolute atomic E-state index is 0.211. The van der Waals surface area contributed by atoms with E-state index in [4.69, 9.17) is 18.9 Å². The average molecular weight is 573 g/mol. The predicted octanol–water partition coefficient (Wildman–Crippen LogP) is 5.76. The van der Waals surface area contributed by atoms with Crippen LogP contribution in [-0.2, 0) is 18.9 Å². The van der Waals surface area contributed by atoms with Gasteiger partial charge in [-0.05, 0) is 50.9 Å². The van der Waals surface area contributed by atoms with Crippen LogP contribution in [0.4, 0.5) is 0 Å². The molecule has 0 radical (unpaired) electrons. The SMILES string of the molecule is COC1(C)O[C@@H](CP(c2ccccc2)c2ccccc2)[C@@H](CP(c2ccccc2)c2ccccc2)O[C@@]1(C)OC. The summed E-state index contributed by atoms with van der Waals surface area (Å²) in [7, 11) is 1.91. The van der Waals surface area contributed by atoms with Gasteiger partial charge in [0.05, 0.1) is 12.2 Å². The van der Waals surface area contributed by atoms with Crippen LogP contribution in [0.2, 0.25) is 0 Å². The standard InChI is InChI=1S/C34H38O4P2/c1-33(35-3)34(2,36-4)38-32(26-40(29-21-13-7-14-22-29)30-23-15-8-16-24-30)31(37-33)25-39(27-17-9-5-10-18-27)28-19-11-6-12-20-28/h5-24,31-32H,25-26H2,1-4H3/t31-,32+,33-,34?/m1/s1. The molecule has 4 nitrogen and oxygen atoms in total. The Balaban J connectivity index is 1.55. The van der Waals surface area contributed by atoms with Gasteiger partial charge >= 0.3 is 0 Å². The molecule has 1 unspecified atom stereocenters. The fourth-order valence-electron chi connectivity index (χ4n) is 5.23. The van der Waals surface area contributed by atoms with Crippen molar-refractivity contribution in [3.8, 4) is 0 Å². The molecule has 0 amide bonds. The van der Waals surface area contributed by atoms with Gasteiger partial charge in [0.25, 0.3) is 0 Å². The van der Waals surface area contributed by atoms with Gasteiger partial charge < -0.3 is 18.9 Å². The summed E-state index contributed by atoms with van der Waals surface area (Å²) < 4.78 is 25.8. The molecule has 0 bridgehead atoms. The molecule has 1 heterocycles. The molecule has 0 aromatic heterocycles. The molecule has 0 aliphatic carbocycles. The number of methoxy groups -OCH3 is 2. The molecule has 5 rings (SSSR count). The summed E-state index contributed by atoms with van der Waals surface area (Å²) in [6, 6.07) is 43.1. The van der Waals surface area contributed by atoms with Crippen LogP contribution >= 0.6 is 15.8 Å². The van der Waals surface area contributed by atoms with E-state index in [0.717, 1.165) is 12.3 Å². The summed E-state index contributed by atoms with van der Waals surface area (Å²) in [5, 5.41) is 5.27. The predicted molar refractivity (Wildman–Crippen MR) is 168 cm³/mol. The van der Waals surface area contributed by atoms with E-state index in [2.05, 4.69) is 121 Å². The molecular weight excluding hydrogens is 534 g/mol. The quantitative estimate of drug-likeness (QED) is 0.227.